The van der Waals surface area contributed by atoms with Crippen molar-refractivity contribution in [3.8, 4) is 0 Å². The van der Waals surface area contributed by atoms with Crippen molar-refractivity contribution < 1.29 is 13.9 Å². The van der Waals surface area contributed by atoms with E-state index < -0.39 is 5.82 Å². The zero-order valence-electron chi connectivity index (χ0n) is 11.1. The zero-order chi connectivity index (χ0) is 14.4. The summed E-state index contributed by atoms with van der Waals surface area (Å²) in [5.74, 6) is -0.561. The van der Waals surface area contributed by atoms with Gasteiger partial charge in [-0.25, -0.2) is 4.39 Å². The number of piperidine rings is 1. The molecule has 1 amide bonds. The maximum atomic E-state index is 13.3. The lowest BCUT2D eigenvalue weighted by Gasteiger charge is -2.22. The molecule has 1 heterocycles. The van der Waals surface area contributed by atoms with Gasteiger partial charge in [0.05, 0.1) is 23.6 Å². The molecule has 110 valence electrons. The van der Waals surface area contributed by atoms with Crippen LogP contribution in [-0.2, 0) is 9.53 Å². The monoisotopic (exact) mass is 344 g/mol. The van der Waals surface area contributed by atoms with E-state index in [2.05, 4.69) is 26.6 Å². The van der Waals surface area contributed by atoms with Gasteiger partial charge < -0.3 is 15.4 Å². The van der Waals surface area contributed by atoms with Gasteiger partial charge in [-0.15, -0.1) is 0 Å². The second kappa shape index (κ2) is 7.71. The molecular weight excluding hydrogens is 327 g/mol. The third-order valence-corrected chi connectivity index (χ3v) is 3.82. The van der Waals surface area contributed by atoms with Crippen LogP contribution in [0.1, 0.15) is 19.3 Å². The van der Waals surface area contributed by atoms with Crippen LogP contribution in [0.4, 0.5) is 10.1 Å². The Bertz CT molecular complexity index is 464. The average molecular weight is 345 g/mol. The predicted octanol–water partition coefficient (Wildman–Crippen LogP) is 2.69. The predicted molar refractivity (Wildman–Crippen MR) is 79.2 cm³/mol. The largest absolute Gasteiger partial charge is 0.378 e. The van der Waals surface area contributed by atoms with Crippen LogP contribution < -0.4 is 10.6 Å². The summed E-state index contributed by atoms with van der Waals surface area (Å²) in [7, 11) is 0. The number of rotatable bonds is 5. The Balaban J connectivity index is 1.70. The van der Waals surface area contributed by atoms with E-state index in [9.17, 15) is 9.18 Å². The molecule has 2 rings (SSSR count). The Morgan fingerprint density at radius 2 is 2.20 bits per heavy atom. The van der Waals surface area contributed by atoms with Gasteiger partial charge in [0, 0.05) is 5.69 Å². The van der Waals surface area contributed by atoms with Crippen LogP contribution in [0.3, 0.4) is 0 Å². The fourth-order valence-electron chi connectivity index (χ4n) is 2.08. The van der Waals surface area contributed by atoms with Crippen LogP contribution in [0, 0.1) is 5.82 Å². The molecule has 1 saturated heterocycles. The molecule has 0 aliphatic carbocycles. The lowest BCUT2D eigenvalue weighted by atomic mass is 10.1. The lowest BCUT2D eigenvalue weighted by molar-refractivity contribution is -0.117. The number of nitrogens with one attached hydrogen (secondary N) is 2. The van der Waals surface area contributed by atoms with Gasteiger partial charge in [-0.2, -0.15) is 0 Å². The maximum Gasteiger partial charge on any atom is 0.226 e. The minimum Gasteiger partial charge on any atom is -0.378 e. The standard InChI is InChI=1S/C14H18BrFN2O2/c15-12-2-1-10(9-13(12)16)18-14(19)5-8-20-11-3-6-17-7-4-11/h1-2,9,11,17H,3-8H2,(H,18,19). The average Bonchev–Trinajstić information content (AvgIpc) is 2.44. The summed E-state index contributed by atoms with van der Waals surface area (Å²) in [6, 6.07) is 4.50. The highest BCUT2D eigenvalue weighted by Gasteiger charge is 2.13. The number of anilines is 1. The molecule has 0 radical (unpaired) electrons. The van der Waals surface area contributed by atoms with E-state index >= 15 is 0 Å². The number of carbonyl (C=O) groups excluding carboxylic acids is 1. The van der Waals surface area contributed by atoms with Crippen molar-refractivity contribution in [1.82, 2.24) is 5.32 Å². The highest BCUT2D eigenvalue weighted by atomic mass is 79.9. The smallest absolute Gasteiger partial charge is 0.226 e. The molecule has 0 atom stereocenters. The number of hydrogen-bond acceptors (Lipinski definition) is 3. The molecule has 0 bridgehead atoms. The molecule has 1 aliphatic rings. The molecule has 0 unspecified atom stereocenters. The topological polar surface area (TPSA) is 50.4 Å². The Morgan fingerprint density at radius 1 is 1.45 bits per heavy atom. The highest BCUT2D eigenvalue weighted by Crippen LogP contribution is 2.19. The minimum atomic E-state index is -0.395. The van der Waals surface area contributed by atoms with Crippen molar-refractivity contribution in [2.45, 2.75) is 25.4 Å². The van der Waals surface area contributed by atoms with E-state index in [4.69, 9.17) is 4.74 Å². The molecule has 4 nitrogen and oxygen atoms in total. The number of carbonyl (C=O) groups is 1. The molecule has 1 fully saturated rings. The second-order valence-electron chi connectivity index (χ2n) is 4.75. The lowest BCUT2D eigenvalue weighted by Crippen LogP contribution is -2.33. The minimum absolute atomic E-state index is 0.166. The van der Waals surface area contributed by atoms with Gasteiger partial charge in [0.1, 0.15) is 5.82 Å². The molecular formula is C14H18BrFN2O2. The van der Waals surface area contributed by atoms with Crippen molar-refractivity contribution in [2.75, 3.05) is 25.0 Å². The van der Waals surface area contributed by atoms with Crippen molar-refractivity contribution in [2.24, 2.45) is 0 Å². The van der Waals surface area contributed by atoms with Gasteiger partial charge >= 0.3 is 0 Å². The number of hydrogen-bond donors (Lipinski definition) is 2. The molecule has 6 heteroatoms. The van der Waals surface area contributed by atoms with Crippen LogP contribution in [-0.4, -0.2) is 31.7 Å². The summed E-state index contributed by atoms with van der Waals surface area (Å²) in [4.78, 5) is 11.7. The van der Waals surface area contributed by atoms with Crippen LogP contribution >= 0.6 is 15.9 Å². The molecule has 1 aromatic rings. The summed E-state index contributed by atoms with van der Waals surface area (Å²) in [6.07, 6.45) is 2.50. The van der Waals surface area contributed by atoms with Crippen LogP contribution in [0.2, 0.25) is 0 Å². The molecule has 1 aliphatic heterocycles. The Hall–Kier alpha value is -0.980. The first kappa shape index (κ1) is 15.4. The van der Waals surface area contributed by atoms with E-state index in [-0.39, 0.29) is 18.4 Å². The Labute approximate surface area is 126 Å². The van der Waals surface area contributed by atoms with E-state index in [1.54, 1.807) is 12.1 Å². The van der Waals surface area contributed by atoms with Gasteiger partial charge in [0.25, 0.3) is 0 Å². The van der Waals surface area contributed by atoms with Gasteiger partial charge in [0.2, 0.25) is 5.91 Å². The number of halogens is 2. The molecule has 2 N–H and O–H groups in total. The Kier molecular flexibility index (Phi) is 5.94. The summed E-state index contributed by atoms with van der Waals surface area (Å²) >= 11 is 3.07. The summed E-state index contributed by atoms with van der Waals surface area (Å²) in [5, 5.41) is 5.91. The van der Waals surface area contributed by atoms with Gasteiger partial charge in [-0.05, 0) is 60.1 Å². The molecule has 20 heavy (non-hydrogen) atoms. The summed E-state index contributed by atoms with van der Waals surface area (Å²) in [5.41, 5.74) is 0.456. The van der Waals surface area contributed by atoms with Gasteiger partial charge in [-0.1, -0.05) is 0 Å². The van der Waals surface area contributed by atoms with Crippen molar-refractivity contribution >= 4 is 27.5 Å². The second-order valence-corrected chi connectivity index (χ2v) is 5.60. The van der Waals surface area contributed by atoms with Crippen molar-refractivity contribution in [3.05, 3.63) is 28.5 Å². The van der Waals surface area contributed by atoms with E-state index in [1.807, 2.05) is 0 Å². The highest BCUT2D eigenvalue weighted by molar-refractivity contribution is 9.10. The third-order valence-electron chi connectivity index (χ3n) is 3.17. The van der Waals surface area contributed by atoms with Crippen LogP contribution in [0.15, 0.2) is 22.7 Å². The third kappa shape index (κ3) is 4.85. The van der Waals surface area contributed by atoms with Crippen LogP contribution in [0.5, 0.6) is 0 Å². The fraction of sp³-hybridized carbons (Fsp3) is 0.500. The zero-order valence-corrected chi connectivity index (χ0v) is 12.7. The number of benzene rings is 1. The molecule has 0 saturated carbocycles. The quantitative estimate of drug-likeness (QED) is 0.863. The van der Waals surface area contributed by atoms with E-state index in [1.165, 1.54) is 6.07 Å². The van der Waals surface area contributed by atoms with Crippen molar-refractivity contribution in [1.29, 1.82) is 0 Å². The first-order valence-electron chi connectivity index (χ1n) is 6.72. The fourth-order valence-corrected chi connectivity index (χ4v) is 2.32. The molecule has 1 aromatic carbocycles. The first-order chi connectivity index (χ1) is 9.65. The van der Waals surface area contributed by atoms with Gasteiger partial charge in [-0.3, -0.25) is 4.79 Å². The summed E-state index contributed by atoms with van der Waals surface area (Å²) < 4.78 is 19.3. The van der Waals surface area contributed by atoms with Crippen molar-refractivity contribution in [3.63, 3.8) is 0 Å². The normalized spacial score (nSPS) is 16.1. The van der Waals surface area contributed by atoms with E-state index in [0.717, 1.165) is 25.9 Å². The van der Waals surface area contributed by atoms with E-state index in [0.29, 0.717) is 16.8 Å². The summed E-state index contributed by atoms with van der Waals surface area (Å²) in [6.45, 7) is 2.33. The molecule has 0 spiro atoms. The molecule has 0 aromatic heterocycles. The SMILES string of the molecule is O=C(CCOC1CCNCC1)Nc1ccc(Br)c(F)c1. The Morgan fingerprint density at radius 3 is 2.90 bits per heavy atom. The van der Waals surface area contributed by atoms with Crippen LogP contribution in [0.25, 0.3) is 0 Å². The number of ether oxygens (including phenoxy) is 1. The maximum absolute atomic E-state index is 13.3. The first-order valence-corrected chi connectivity index (χ1v) is 7.51. The van der Waals surface area contributed by atoms with Gasteiger partial charge in [0.15, 0.2) is 0 Å². The number of amides is 1.